The SMILES string of the molecule is CCC(=O)c1c(-c2ccc(C)cc2)oc2ccc(-c3cc(C(=O)CC4(c5nc(C(N)=O)n[nH]5)CC4)ccc3C)cc12. The van der Waals surface area contributed by atoms with Crippen molar-refractivity contribution in [1.29, 1.82) is 0 Å². The summed E-state index contributed by atoms with van der Waals surface area (Å²) in [5.41, 5.74) is 11.5. The van der Waals surface area contributed by atoms with Crippen LogP contribution >= 0.6 is 0 Å². The van der Waals surface area contributed by atoms with Crippen LogP contribution in [0.4, 0.5) is 0 Å². The monoisotopic (exact) mass is 546 g/mol. The lowest BCUT2D eigenvalue weighted by atomic mass is 9.91. The Morgan fingerprint density at radius 3 is 2.34 bits per heavy atom. The number of hydrogen-bond acceptors (Lipinski definition) is 6. The fourth-order valence-electron chi connectivity index (χ4n) is 5.40. The molecule has 41 heavy (non-hydrogen) atoms. The molecule has 0 spiro atoms. The zero-order valence-electron chi connectivity index (χ0n) is 23.2. The van der Waals surface area contributed by atoms with Gasteiger partial charge in [-0.3, -0.25) is 19.5 Å². The quantitative estimate of drug-likeness (QED) is 0.203. The van der Waals surface area contributed by atoms with Gasteiger partial charge in [-0.25, -0.2) is 4.98 Å². The molecule has 206 valence electrons. The minimum absolute atomic E-state index is 0.0127. The Morgan fingerprint density at radius 1 is 0.951 bits per heavy atom. The molecule has 0 aliphatic heterocycles. The predicted molar refractivity (Wildman–Crippen MR) is 156 cm³/mol. The van der Waals surface area contributed by atoms with Crippen LogP contribution < -0.4 is 5.73 Å². The van der Waals surface area contributed by atoms with Gasteiger partial charge in [0.05, 0.1) is 5.56 Å². The average Bonchev–Trinajstić information content (AvgIpc) is 3.39. The second kappa shape index (κ2) is 9.96. The average molecular weight is 547 g/mol. The number of hydrogen-bond donors (Lipinski definition) is 2. The van der Waals surface area contributed by atoms with Crippen LogP contribution in [0, 0.1) is 13.8 Å². The van der Waals surface area contributed by atoms with Crippen molar-refractivity contribution in [3.05, 3.63) is 94.6 Å². The molecule has 1 aliphatic rings. The van der Waals surface area contributed by atoms with Crippen LogP contribution in [0.5, 0.6) is 0 Å². The normalized spacial score (nSPS) is 13.8. The van der Waals surface area contributed by atoms with E-state index in [2.05, 4.69) is 15.2 Å². The molecule has 8 heteroatoms. The Kier molecular flexibility index (Phi) is 6.41. The van der Waals surface area contributed by atoms with Crippen LogP contribution in [-0.4, -0.2) is 32.7 Å². The van der Waals surface area contributed by atoms with Gasteiger partial charge in [0.1, 0.15) is 17.2 Å². The number of carbonyl (C=O) groups excluding carboxylic acids is 3. The van der Waals surface area contributed by atoms with E-state index in [1.54, 1.807) is 0 Å². The van der Waals surface area contributed by atoms with Gasteiger partial charge >= 0.3 is 0 Å². The first-order valence-electron chi connectivity index (χ1n) is 13.7. The number of furan rings is 1. The third kappa shape index (κ3) is 4.75. The van der Waals surface area contributed by atoms with Gasteiger partial charge < -0.3 is 10.2 Å². The molecule has 1 saturated carbocycles. The van der Waals surface area contributed by atoms with Gasteiger partial charge in [-0.15, -0.1) is 5.10 Å². The minimum Gasteiger partial charge on any atom is -0.455 e. The molecule has 1 fully saturated rings. The molecule has 3 aromatic carbocycles. The van der Waals surface area contributed by atoms with E-state index < -0.39 is 11.3 Å². The highest BCUT2D eigenvalue weighted by atomic mass is 16.3. The van der Waals surface area contributed by atoms with Gasteiger partial charge in [-0.2, -0.15) is 0 Å². The molecule has 1 amide bonds. The van der Waals surface area contributed by atoms with Crippen LogP contribution in [0.2, 0.25) is 0 Å². The number of H-pyrrole nitrogens is 1. The van der Waals surface area contributed by atoms with E-state index in [0.29, 0.717) is 34.7 Å². The molecule has 2 heterocycles. The van der Waals surface area contributed by atoms with Gasteiger partial charge in [-0.05, 0) is 61.6 Å². The van der Waals surface area contributed by atoms with Crippen molar-refractivity contribution in [3.8, 4) is 22.5 Å². The first-order valence-corrected chi connectivity index (χ1v) is 13.7. The maximum absolute atomic E-state index is 13.5. The van der Waals surface area contributed by atoms with Crippen molar-refractivity contribution >= 4 is 28.4 Å². The summed E-state index contributed by atoms with van der Waals surface area (Å²) in [6.07, 6.45) is 2.16. The smallest absolute Gasteiger partial charge is 0.288 e. The summed E-state index contributed by atoms with van der Waals surface area (Å²) in [5, 5.41) is 7.44. The molecule has 5 aromatic rings. The Morgan fingerprint density at radius 2 is 1.68 bits per heavy atom. The summed E-state index contributed by atoms with van der Waals surface area (Å²) in [7, 11) is 0. The van der Waals surface area contributed by atoms with Crippen molar-refractivity contribution in [3.63, 3.8) is 0 Å². The number of nitrogens with zero attached hydrogens (tertiary/aromatic N) is 2. The molecule has 0 bridgehead atoms. The minimum atomic E-state index is -0.706. The largest absolute Gasteiger partial charge is 0.455 e. The maximum Gasteiger partial charge on any atom is 0.288 e. The van der Waals surface area contributed by atoms with Gasteiger partial charge in [-0.1, -0.05) is 55.0 Å². The van der Waals surface area contributed by atoms with Crippen LogP contribution in [0.3, 0.4) is 0 Å². The third-order valence-electron chi connectivity index (χ3n) is 8.03. The van der Waals surface area contributed by atoms with E-state index in [-0.39, 0.29) is 23.8 Å². The number of aromatic nitrogens is 3. The number of Topliss-reactive ketones (excluding diaryl/α,β-unsaturated/α-hetero) is 2. The molecule has 0 atom stereocenters. The topological polar surface area (TPSA) is 132 Å². The number of benzene rings is 3. The molecule has 0 saturated heterocycles. The Hall–Kier alpha value is -4.85. The zero-order valence-corrected chi connectivity index (χ0v) is 23.2. The number of primary amides is 1. The highest BCUT2D eigenvalue weighted by Crippen LogP contribution is 2.50. The summed E-state index contributed by atoms with van der Waals surface area (Å²) in [6, 6.07) is 19.5. The first-order chi connectivity index (χ1) is 19.7. The van der Waals surface area contributed by atoms with Gasteiger partial charge in [0, 0.05) is 34.8 Å². The molecular weight excluding hydrogens is 516 g/mol. The predicted octanol–water partition coefficient (Wildman–Crippen LogP) is 6.50. The highest BCUT2D eigenvalue weighted by Gasteiger charge is 2.49. The van der Waals surface area contributed by atoms with Crippen molar-refractivity contribution in [2.24, 2.45) is 5.73 Å². The van der Waals surface area contributed by atoms with E-state index in [0.717, 1.165) is 46.0 Å². The first kappa shape index (κ1) is 26.4. The van der Waals surface area contributed by atoms with E-state index in [1.165, 1.54) is 0 Å². The van der Waals surface area contributed by atoms with Crippen molar-refractivity contribution in [1.82, 2.24) is 15.2 Å². The zero-order chi connectivity index (χ0) is 28.9. The number of ketones is 2. The lowest BCUT2D eigenvalue weighted by Crippen LogP contribution is -2.17. The van der Waals surface area contributed by atoms with Gasteiger partial charge in [0.25, 0.3) is 5.91 Å². The second-order valence-electron chi connectivity index (χ2n) is 10.9. The fourth-order valence-corrected chi connectivity index (χ4v) is 5.40. The summed E-state index contributed by atoms with van der Waals surface area (Å²) in [6.45, 7) is 5.87. The molecule has 3 N–H and O–H groups in total. The lowest BCUT2D eigenvalue weighted by Gasteiger charge is -2.13. The number of nitrogens with one attached hydrogen (secondary N) is 1. The van der Waals surface area contributed by atoms with Gasteiger partial charge in [0.15, 0.2) is 11.6 Å². The summed E-state index contributed by atoms with van der Waals surface area (Å²) in [5.74, 6) is 0.313. The van der Waals surface area contributed by atoms with Crippen LogP contribution in [0.1, 0.15) is 80.9 Å². The molecule has 0 unspecified atom stereocenters. The lowest BCUT2D eigenvalue weighted by molar-refractivity contribution is 0.0965. The number of aromatic amines is 1. The Balaban J connectivity index is 1.36. The molecule has 8 nitrogen and oxygen atoms in total. The summed E-state index contributed by atoms with van der Waals surface area (Å²) < 4.78 is 6.23. The van der Waals surface area contributed by atoms with Crippen LogP contribution in [0.25, 0.3) is 33.4 Å². The number of amides is 1. The standard InChI is InChI=1S/C33H30N4O4/c1-4-25(38)28-24-15-21(11-12-27(24)41-29(28)20-8-5-18(2)6-9-20)23-16-22(10-7-19(23)3)26(39)17-33(13-14-33)32-35-31(30(34)40)36-37-32/h5-12,15-16H,4,13-14,17H2,1-3H3,(H2,34,40)(H,35,36,37). The maximum atomic E-state index is 13.5. The second-order valence-corrected chi connectivity index (χ2v) is 10.9. The Bertz CT molecular complexity index is 1840. The number of fused-ring (bicyclic) bond motifs is 1. The number of nitrogens with two attached hydrogens (primary N) is 1. The van der Waals surface area contributed by atoms with Crippen molar-refractivity contribution < 1.29 is 18.8 Å². The number of aryl methyl sites for hydroxylation is 2. The summed E-state index contributed by atoms with van der Waals surface area (Å²) >= 11 is 0. The molecule has 2 aromatic heterocycles. The molecule has 1 aliphatic carbocycles. The summed E-state index contributed by atoms with van der Waals surface area (Å²) in [4.78, 5) is 42.3. The fraction of sp³-hybridized carbons (Fsp3) is 0.242. The molecule has 6 rings (SSSR count). The highest BCUT2D eigenvalue weighted by molar-refractivity contribution is 6.13. The number of rotatable bonds is 9. The Labute approximate surface area is 237 Å². The van der Waals surface area contributed by atoms with E-state index in [9.17, 15) is 14.4 Å². The van der Waals surface area contributed by atoms with E-state index >= 15 is 0 Å². The van der Waals surface area contributed by atoms with Crippen LogP contribution in [0.15, 0.2) is 65.1 Å². The third-order valence-corrected chi connectivity index (χ3v) is 8.03. The molecule has 0 radical (unpaired) electrons. The van der Waals surface area contributed by atoms with E-state index in [1.807, 2.05) is 81.4 Å². The van der Waals surface area contributed by atoms with Crippen molar-refractivity contribution in [2.75, 3.05) is 0 Å². The van der Waals surface area contributed by atoms with Crippen LogP contribution in [-0.2, 0) is 5.41 Å². The van der Waals surface area contributed by atoms with Crippen molar-refractivity contribution in [2.45, 2.75) is 51.9 Å². The number of carbonyl (C=O) groups is 3. The van der Waals surface area contributed by atoms with E-state index in [4.69, 9.17) is 10.2 Å². The molecular formula is C33H30N4O4. The van der Waals surface area contributed by atoms with Gasteiger partial charge in [0.2, 0.25) is 5.82 Å².